The lowest BCUT2D eigenvalue weighted by Crippen LogP contribution is -2.12. The van der Waals surface area contributed by atoms with Gasteiger partial charge >= 0.3 is 0 Å². The van der Waals surface area contributed by atoms with Crippen molar-refractivity contribution >= 4 is 5.78 Å². The van der Waals surface area contributed by atoms with Gasteiger partial charge in [0.1, 0.15) is 0 Å². The Labute approximate surface area is 75.4 Å². The number of carbonyl (C=O) groups excluding carboxylic acids is 1. The SMILES string of the molecule is CC(=O)c1ccccc1C(C)(F)F. The van der Waals surface area contributed by atoms with Gasteiger partial charge in [0.25, 0.3) is 5.92 Å². The minimum absolute atomic E-state index is 0.0926. The predicted octanol–water partition coefficient (Wildman–Crippen LogP) is 3.00. The van der Waals surface area contributed by atoms with Gasteiger partial charge in [-0.05, 0) is 6.92 Å². The third kappa shape index (κ3) is 2.11. The van der Waals surface area contributed by atoms with Gasteiger partial charge in [0.2, 0.25) is 0 Å². The molecular weight excluding hydrogens is 174 g/mol. The van der Waals surface area contributed by atoms with Gasteiger partial charge in [-0.25, -0.2) is 8.78 Å². The van der Waals surface area contributed by atoms with Gasteiger partial charge in [-0.3, -0.25) is 4.79 Å². The Balaban J connectivity index is 3.28. The molecule has 13 heavy (non-hydrogen) atoms. The summed E-state index contributed by atoms with van der Waals surface area (Å²) in [6.45, 7) is 2.07. The summed E-state index contributed by atoms with van der Waals surface area (Å²) in [6, 6.07) is 5.76. The molecule has 0 amide bonds. The molecule has 0 spiro atoms. The van der Waals surface area contributed by atoms with Gasteiger partial charge in [-0.15, -0.1) is 0 Å². The monoisotopic (exact) mass is 184 g/mol. The van der Waals surface area contributed by atoms with E-state index in [1.807, 2.05) is 0 Å². The zero-order valence-electron chi connectivity index (χ0n) is 7.47. The van der Waals surface area contributed by atoms with E-state index in [9.17, 15) is 13.6 Å². The molecule has 1 aromatic rings. The number of halogens is 2. The maximum atomic E-state index is 12.9. The molecule has 0 saturated carbocycles. The minimum Gasteiger partial charge on any atom is -0.294 e. The lowest BCUT2D eigenvalue weighted by molar-refractivity contribution is 0.0165. The summed E-state index contributed by atoms with van der Waals surface area (Å²) in [5.74, 6) is -3.29. The molecule has 1 aromatic carbocycles. The van der Waals surface area contributed by atoms with Crippen LogP contribution in [0.15, 0.2) is 24.3 Å². The van der Waals surface area contributed by atoms with E-state index in [0.717, 1.165) is 6.92 Å². The number of hydrogen-bond acceptors (Lipinski definition) is 1. The number of hydrogen-bond donors (Lipinski definition) is 0. The third-order valence-corrected chi connectivity index (χ3v) is 1.78. The highest BCUT2D eigenvalue weighted by Gasteiger charge is 2.28. The highest BCUT2D eigenvalue weighted by Crippen LogP contribution is 2.29. The summed E-state index contributed by atoms with van der Waals surface area (Å²) >= 11 is 0. The Morgan fingerprint density at radius 3 is 2.23 bits per heavy atom. The number of carbonyl (C=O) groups is 1. The van der Waals surface area contributed by atoms with Crippen LogP contribution in [0.2, 0.25) is 0 Å². The van der Waals surface area contributed by atoms with Gasteiger partial charge in [0.15, 0.2) is 5.78 Å². The first-order valence-electron chi connectivity index (χ1n) is 3.91. The van der Waals surface area contributed by atoms with Crippen molar-refractivity contribution in [2.45, 2.75) is 19.8 Å². The molecule has 1 rings (SSSR count). The molecule has 0 aliphatic carbocycles. The van der Waals surface area contributed by atoms with Crippen LogP contribution in [0.5, 0.6) is 0 Å². The van der Waals surface area contributed by atoms with Crippen molar-refractivity contribution in [3.8, 4) is 0 Å². The zero-order valence-corrected chi connectivity index (χ0v) is 7.47. The average molecular weight is 184 g/mol. The molecule has 0 unspecified atom stereocenters. The van der Waals surface area contributed by atoms with Crippen molar-refractivity contribution in [1.29, 1.82) is 0 Å². The molecule has 0 saturated heterocycles. The summed E-state index contributed by atoms with van der Waals surface area (Å²) in [6.07, 6.45) is 0. The first kappa shape index (κ1) is 9.84. The third-order valence-electron chi connectivity index (χ3n) is 1.78. The fraction of sp³-hybridized carbons (Fsp3) is 0.300. The first-order chi connectivity index (χ1) is 5.93. The lowest BCUT2D eigenvalue weighted by Gasteiger charge is -2.13. The van der Waals surface area contributed by atoms with E-state index in [0.29, 0.717) is 0 Å². The molecule has 0 aromatic heterocycles. The van der Waals surface area contributed by atoms with E-state index in [1.165, 1.54) is 25.1 Å². The second-order valence-corrected chi connectivity index (χ2v) is 2.99. The molecule has 0 aliphatic rings. The highest BCUT2D eigenvalue weighted by atomic mass is 19.3. The summed E-state index contributed by atoms with van der Waals surface area (Å²) in [5.41, 5.74) is -0.113. The van der Waals surface area contributed by atoms with Crippen LogP contribution in [0.1, 0.15) is 29.8 Å². The van der Waals surface area contributed by atoms with Crippen LogP contribution in [0.25, 0.3) is 0 Å². The number of Topliss-reactive ketones (excluding diaryl/α,β-unsaturated/α-hetero) is 1. The van der Waals surface area contributed by atoms with E-state index >= 15 is 0 Å². The maximum absolute atomic E-state index is 12.9. The van der Waals surface area contributed by atoms with Gasteiger partial charge < -0.3 is 0 Å². The molecule has 3 heteroatoms. The molecule has 0 radical (unpaired) electrons. The van der Waals surface area contributed by atoms with Gasteiger partial charge in [0, 0.05) is 18.1 Å². The molecule has 0 heterocycles. The smallest absolute Gasteiger partial charge is 0.271 e. The van der Waals surface area contributed by atoms with Crippen molar-refractivity contribution in [2.75, 3.05) is 0 Å². The minimum atomic E-state index is -2.96. The quantitative estimate of drug-likeness (QED) is 0.646. The van der Waals surface area contributed by atoms with E-state index in [4.69, 9.17) is 0 Å². The largest absolute Gasteiger partial charge is 0.294 e. The number of rotatable bonds is 2. The summed E-state index contributed by atoms with van der Waals surface area (Å²) in [7, 11) is 0. The van der Waals surface area contributed by atoms with Crippen molar-refractivity contribution in [1.82, 2.24) is 0 Å². The van der Waals surface area contributed by atoms with Crippen LogP contribution in [0.4, 0.5) is 8.78 Å². The Kier molecular flexibility index (Phi) is 2.45. The normalized spacial score (nSPS) is 11.4. The standard InChI is InChI=1S/C10H10F2O/c1-7(13)8-5-3-4-6-9(8)10(2,11)12/h3-6H,1-2H3. The van der Waals surface area contributed by atoms with Crippen LogP contribution >= 0.6 is 0 Å². The van der Waals surface area contributed by atoms with E-state index in [2.05, 4.69) is 0 Å². The average Bonchev–Trinajstić information content (AvgIpc) is 2.03. The molecule has 0 aliphatic heterocycles. The lowest BCUT2D eigenvalue weighted by atomic mass is 10.0. The number of benzene rings is 1. The van der Waals surface area contributed by atoms with Gasteiger partial charge in [-0.1, -0.05) is 24.3 Å². The predicted molar refractivity (Wildman–Crippen MR) is 46.0 cm³/mol. The van der Waals surface area contributed by atoms with Crippen molar-refractivity contribution in [3.63, 3.8) is 0 Å². The second-order valence-electron chi connectivity index (χ2n) is 2.99. The molecule has 1 nitrogen and oxygen atoms in total. The molecular formula is C10H10F2O. The van der Waals surface area contributed by atoms with E-state index in [1.54, 1.807) is 6.07 Å². The summed E-state index contributed by atoms with van der Waals surface area (Å²) in [4.78, 5) is 11.0. The molecule has 0 N–H and O–H groups in total. The van der Waals surface area contributed by atoms with Crippen molar-refractivity contribution < 1.29 is 13.6 Å². The second kappa shape index (κ2) is 3.24. The van der Waals surface area contributed by atoms with Crippen LogP contribution in [0, 0.1) is 0 Å². The highest BCUT2D eigenvalue weighted by molar-refractivity contribution is 5.95. The van der Waals surface area contributed by atoms with Crippen molar-refractivity contribution in [2.24, 2.45) is 0 Å². The molecule has 0 bridgehead atoms. The Bertz CT molecular complexity index is 326. The molecule has 0 atom stereocenters. The summed E-state index contributed by atoms with van der Waals surface area (Å²) in [5, 5.41) is 0. The molecule has 70 valence electrons. The summed E-state index contributed by atoms with van der Waals surface area (Å²) < 4.78 is 25.8. The Morgan fingerprint density at radius 2 is 1.85 bits per heavy atom. The maximum Gasteiger partial charge on any atom is 0.271 e. The van der Waals surface area contributed by atoms with Crippen molar-refractivity contribution in [3.05, 3.63) is 35.4 Å². The van der Waals surface area contributed by atoms with Crippen LogP contribution < -0.4 is 0 Å². The fourth-order valence-electron chi connectivity index (χ4n) is 1.17. The van der Waals surface area contributed by atoms with Gasteiger partial charge in [-0.2, -0.15) is 0 Å². The zero-order chi connectivity index (χ0) is 10.1. The van der Waals surface area contributed by atoms with E-state index < -0.39 is 5.92 Å². The van der Waals surface area contributed by atoms with Crippen LogP contribution in [-0.4, -0.2) is 5.78 Å². The number of alkyl halides is 2. The topological polar surface area (TPSA) is 17.1 Å². The first-order valence-corrected chi connectivity index (χ1v) is 3.91. The van der Waals surface area contributed by atoms with E-state index in [-0.39, 0.29) is 16.9 Å². The van der Waals surface area contributed by atoms with Gasteiger partial charge in [0.05, 0.1) is 0 Å². The Morgan fingerprint density at radius 1 is 1.31 bits per heavy atom. The van der Waals surface area contributed by atoms with Crippen LogP contribution in [0.3, 0.4) is 0 Å². The fourth-order valence-corrected chi connectivity index (χ4v) is 1.17. The Hall–Kier alpha value is -1.25. The number of ketones is 1. The molecule has 0 fully saturated rings. The van der Waals surface area contributed by atoms with Crippen LogP contribution in [-0.2, 0) is 5.92 Å².